The average Bonchev–Trinajstić information content (AvgIpc) is 2.80. The van der Waals surface area contributed by atoms with Gasteiger partial charge in [-0.25, -0.2) is 4.39 Å². The summed E-state index contributed by atoms with van der Waals surface area (Å²) < 4.78 is 13.2. The van der Waals surface area contributed by atoms with E-state index in [-0.39, 0.29) is 17.6 Å². The quantitative estimate of drug-likeness (QED) is 0.639. The highest BCUT2D eigenvalue weighted by atomic mass is 19.1. The van der Waals surface area contributed by atoms with Gasteiger partial charge < -0.3 is 15.1 Å². The van der Waals surface area contributed by atoms with Crippen molar-refractivity contribution in [3.8, 4) is 0 Å². The summed E-state index contributed by atoms with van der Waals surface area (Å²) in [5.74, 6) is -0.670. The number of rotatable bonds is 5. The average molecular weight is 432 g/mol. The molecule has 3 aromatic rings. The molecule has 0 aliphatic carbocycles. The van der Waals surface area contributed by atoms with Gasteiger partial charge in [-0.15, -0.1) is 0 Å². The molecule has 32 heavy (non-hydrogen) atoms. The van der Waals surface area contributed by atoms with Gasteiger partial charge >= 0.3 is 0 Å². The molecule has 1 N–H and O–H groups in total. The maximum absolute atomic E-state index is 13.2. The molecule has 1 heterocycles. The molecule has 5 nitrogen and oxygen atoms in total. The van der Waals surface area contributed by atoms with E-state index >= 15 is 0 Å². The number of hydrogen-bond acceptors (Lipinski definition) is 3. The van der Waals surface area contributed by atoms with E-state index in [2.05, 4.69) is 10.2 Å². The van der Waals surface area contributed by atoms with Crippen molar-refractivity contribution in [3.63, 3.8) is 0 Å². The van der Waals surface area contributed by atoms with Gasteiger partial charge in [0.15, 0.2) is 0 Å². The molecule has 0 fully saturated rings. The van der Waals surface area contributed by atoms with Gasteiger partial charge in [-0.05, 0) is 60.4 Å². The van der Waals surface area contributed by atoms with Crippen LogP contribution in [0, 0.1) is 5.82 Å². The molecule has 6 heteroatoms. The van der Waals surface area contributed by atoms with Crippen LogP contribution in [0.3, 0.4) is 0 Å². The fourth-order valence-corrected chi connectivity index (χ4v) is 4.17. The number of anilines is 2. The lowest BCUT2D eigenvalue weighted by molar-refractivity contribution is -0.130. The monoisotopic (exact) mass is 431 g/mol. The number of halogens is 1. The molecule has 4 rings (SSSR count). The molecule has 0 bridgehead atoms. The first kappa shape index (κ1) is 21.6. The summed E-state index contributed by atoms with van der Waals surface area (Å²) in [5.41, 5.74) is 3.98. The van der Waals surface area contributed by atoms with Crippen LogP contribution >= 0.6 is 0 Å². The Balaban J connectivity index is 1.70. The largest absolute Gasteiger partial charge is 0.356 e. The van der Waals surface area contributed by atoms with Gasteiger partial charge in [0.25, 0.3) is 5.91 Å². The first-order chi connectivity index (χ1) is 15.5. The first-order valence-corrected chi connectivity index (χ1v) is 10.7. The predicted octanol–water partition coefficient (Wildman–Crippen LogP) is 4.66. The number of carbonyl (C=O) groups excluding carboxylic acids is 2. The van der Waals surface area contributed by atoms with E-state index in [1.807, 2.05) is 48.5 Å². The number of fused-ring (bicyclic) bond motifs is 1. The number of carbonyl (C=O) groups is 2. The molecule has 1 aliphatic rings. The number of nitrogens with zero attached hydrogens (tertiary/aromatic N) is 2. The third kappa shape index (κ3) is 4.35. The minimum absolute atomic E-state index is 0.00445. The van der Waals surface area contributed by atoms with Crippen LogP contribution in [-0.2, 0) is 11.2 Å². The SMILES string of the molecule is CN(C)C(=O)C(c1ccccc1)N1CCCc2c(NC(=O)c3ccc(F)cc3)cccc21. The second-order valence-corrected chi connectivity index (χ2v) is 8.11. The third-order valence-corrected chi connectivity index (χ3v) is 5.74. The van der Waals surface area contributed by atoms with Crippen LogP contribution in [0.15, 0.2) is 72.8 Å². The molecule has 0 saturated carbocycles. The Morgan fingerprint density at radius 2 is 1.69 bits per heavy atom. The molecule has 2 amide bonds. The Labute approximate surface area is 187 Å². The molecule has 0 spiro atoms. The van der Waals surface area contributed by atoms with Crippen molar-refractivity contribution in [1.82, 2.24) is 4.90 Å². The second-order valence-electron chi connectivity index (χ2n) is 8.11. The van der Waals surface area contributed by atoms with Crippen molar-refractivity contribution in [1.29, 1.82) is 0 Å². The zero-order valence-corrected chi connectivity index (χ0v) is 18.2. The number of likely N-dealkylation sites (N-methyl/N-ethyl adjacent to an activating group) is 1. The normalized spacial score (nSPS) is 13.8. The van der Waals surface area contributed by atoms with Crippen molar-refractivity contribution in [2.75, 3.05) is 30.9 Å². The number of hydrogen-bond donors (Lipinski definition) is 1. The number of nitrogens with one attached hydrogen (secondary N) is 1. The van der Waals surface area contributed by atoms with E-state index in [4.69, 9.17) is 0 Å². The molecule has 3 aromatic carbocycles. The second kappa shape index (κ2) is 9.22. The lowest BCUT2D eigenvalue weighted by Gasteiger charge is -2.39. The first-order valence-electron chi connectivity index (χ1n) is 10.7. The van der Waals surface area contributed by atoms with Gasteiger partial charge in [0, 0.05) is 37.6 Å². The molecule has 0 radical (unpaired) electrons. The Hall–Kier alpha value is -3.67. The van der Waals surface area contributed by atoms with Crippen LogP contribution in [0.4, 0.5) is 15.8 Å². The van der Waals surface area contributed by atoms with E-state index in [0.717, 1.165) is 36.2 Å². The molecule has 1 aliphatic heterocycles. The van der Waals surface area contributed by atoms with Crippen molar-refractivity contribution >= 4 is 23.2 Å². The summed E-state index contributed by atoms with van der Waals surface area (Å²) in [5, 5.41) is 2.97. The van der Waals surface area contributed by atoms with Gasteiger partial charge in [0.2, 0.25) is 5.91 Å². The van der Waals surface area contributed by atoms with Crippen molar-refractivity contribution in [3.05, 3.63) is 95.3 Å². The van der Waals surface area contributed by atoms with E-state index < -0.39 is 6.04 Å². The van der Waals surface area contributed by atoms with Crippen LogP contribution in [-0.4, -0.2) is 37.4 Å². The van der Waals surface area contributed by atoms with Gasteiger partial charge in [-0.1, -0.05) is 36.4 Å². The van der Waals surface area contributed by atoms with Crippen LogP contribution in [0.1, 0.15) is 33.9 Å². The molecule has 1 unspecified atom stereocenters. The number of amides is 2. The topological polar surface area (TPSA) is 52.7 Å². The van der Waals surface area contributed by atoms with Gasteiger partial charge in [-0.2, -0.15) is 0 Å². The van der Waals surface area contributed by atoms with Crippen molar-refractivity contribution in [2.45, 2.75) is 18.9 Å². The third-order valence-electron chi connectivity index (χ3n) is 5.74. The summed E-state index contributed by atoms with van der Waals surface area (Å²) in [6, 6.07) is 20.5. The maximum Gasteiger partial charge on any atom is 0.255 e. The summed E-state index contributed by atoms with van der Waals surface area (Å²) in [4.78, 5) is 29.7. The van der Waals surface area contributed by atoms with E-state index in [1.165, 1.54) is 24.3 Å². The standard InChI is InChI=1S/C26H26FN3O2/c1-29(2)26(32)24(18-8-4-3-5-9-18)30-17-7-10-21-22(11-6-12-23(21)30)28-25(31)19-13-15-20(27)16-14-19/h3-6,8-9,11-16,24H,7,10,17H2,1-2H3,(H,28,31). The zero-order chi connectivity index (χ0) is 22.7. The number of benzene rings is 3. The highest BCUT2D eigenvalue weighted by molar-refractivity contribution is 6.05. The van der Waals surface area contributed by atoms with Crippen molar-refractivity contribution in [2.24, 2.45) is 0 Å². The fraction of sp³-hybridized carbons (Fsp3) is 0.231. The van der Waals surface area contributed by atoms with E-state index in [1.54, 1.807) is 19.0 Å². The Kier molecular flexibility index (Phi) is 6.21. The zero-order valence-electron chi connectivity index (χ0n) is 18.2. The highest BCUT2D eigenvalue weighted by Gasteiger charge is 2.32. The Morgan fingerprint density at radius 3 is 2.38 bits per heavy atom. The Bertz CT molecular complexity index is 1110. The van der Waals surface area contributed by atoms with Crippen LogP contribution in [0.2, 0.25) is 0 Å². The lowest BCUT2D eigenvalue weighted by Crippen LogP contribution is -2.42. The Morgan fingerprint density at radius 1 is 0.969 bits per heavy atom. The minimum Gasteiger partial charge on any atom is -0.356 e. The van der Waals surface area contributed by atoms with Gasteiger partial charge in [-0.3, -0.25) is 9.59 Å². The smallest absolute Gasteiger partial charge is 0.255 e. The summed E-state index contributed by atoms with van der Waals surface area (Å²) in [7, 11) is 3.53. The van der Waals surface area contributed by atoms with Gasteiger partial charge in [0.1, 0.15) is 11.9 Å². The molecule has 0 saturated heterocycles. The van der Waals surface area contributed by atoms with Crippen LogP contribution in [0.25, 0.3) is 0 Å². The minimum atomic E-state index is -0.451. The maximum atomic E-state index is 13.2. The summed E-state index contributed by atoms with van der Waals surface area (Å²) >= 11 is 0. The molecule has 164 valence electrons. The summed E-state index contributed by atoms with van der Waals surface area (Å²) in [6.07, 6.45) is 1.66. The van der Waals surface area contributed by atoms with Crippen molar-refractivity contribution < 1.29 is 14.0 Å². The molecule has 0 aromatic heterocycles. The predicted molar refractivity (Wildman–Crippen MR) is 124 cm³/mol. The lowest BCUT2D eigenvalue weighted by atomic mass is 9.95. The fourth-order valence-electron chi connectivity index (χ4n) is 4.17. The van der Waals surface area contributed by atoms with E-state index in [0.29, 0.717) is 11.3 Å². The highest BCUT2D eigenvalue weighted by Crippen LogP contribution is 2.38. The molecule has 1 atom stereocenters. The summed E-state index contributed by atoms with van der Waals surface area (Å²) in [6.45, 7) is 0.738. The molecular formula is C26H26FN3O2. The van der Waals surface area contributed by atoms with Crippen LogP contribution in [0.5, 0.6) is 0 Å². The molecular weight excluding hydrogens is 405 g/mol. The van der Waals surface area contributed by atoms with Crippen LogP contribution < -0.4 is 10.2 Å². The van der Waals surface area contributed by atoms with Gasteiger partial charge in [0.05, 0.1) is 0 Å². The van der Waals surface area contributed by atoms with E-state index in [9.17, 15) is 14.0 Å².